The highest BCUT2D eigenvalue weighted by Crippen LogP contribution is 2.24. The largest absolute Gasteiger partial charge is 0.312 e. The average Bonchev–Trinajstić information content (AvgIpc) is 2.49. The topological polar surface area (TPSA) is 29.9 Å². The van der Waals surface area contributed by atoms with E-state index in [1.54, 1.807) is 0 Å². The molecule has 1 N–H and O–H groups in total. The van der Waals surface area contributed by atoms with Gasteiger partial charge < -0.3 is 5.32 Å². The second-order valence-corrected chi connectivity index (χ2v) is 5.42. The molecule has 1 rings (SSSR count). The minimum absolute atomic E-state index is 0.377. The Kier molecular flexibility index (Phi) is 3.91. The summed E-state index contributed by atoms with van der Waals surface area (Å²) in [4.78, 5) is 0. The molecule has 1 aromatic rings. The molecule has 0 aromatic carbocycles. The molecule has 0 spiro atoms. The molecule has 0 saturated heterocycles. The molecule has 0 aliphatic carbocycles. The SMILES string of the molecule is CC(CNCc1cnn(C)c1)C(C)(C)C. The van der Waals surface area contributed by atoms with Crippen LogP contribution in [0.2, 0.25) is 0 Å². The van der Waals surface area contributed by atoms with Crippen molar-refractivity contribution in [2.45, 2.75) is 34.2 Å². The zero-order valence-corrected chi connectivity index (χ0v) is 10.5. The first-order valence-electron chi connectivity index (χ1n) is 5.58. The fourth-order valence-electron chi connectivity index (χ4n) is 1.30. The first kappa shape index (κ1) is 12.2. The van der Waals surface area contributed by atoms with E-state index in [1.807, 2.05) is 17.9 Å². The van der Waals surface area contributed by atoms with E-state index in [-0.39, 0.29) is 0 Å². The molecular formula is C12H23N3. The molecule has 1 atom stereocenters. The van der Waals surface area contributed by atoms with Gasteiger partial charge in [0.25, 0.3) is 0 Å². The molecule has 0 bridgehead atoms. The lowest BCUT2D eigenvalue weighted by atomic mass is 9.82. The van der Waals surface area contributed by atoms with E-state index >= 15 is 0 Å². The number of aryl methyl sites for hydroxylation is 1. The Hall–Kier alpha value is -0.830. The standard InChI is InChI=1S/C12H23N3/c1-10(12(2,3)4)6-13-7-11-8-14-15(5)9-11/h8-10,13H,6-7H2,1-5H3. The Morgan fingerprint density at radius 1 is 1.47 bits per heavy atom. The number of aromatic nitrogens is 2. The van der Waals surface area contributed by atoms with Crippen LogP contribution in [-0.2, 0) is 13.6 Å². The molecule has 3 nitrogen and oxygen atoms in total. The van der Waals surface area contributed by atoms with E-state index < -0.39 is 0 Å². The summed E-state index contributed by atoms with van der Waals surface area (Å²) >= 11 is 0. The number of hydrogen-bond acceptors (Lipinski definition) is 2. The number of hydrogen-bond donors (Lipinski definition) is 1. The second kappa shape index (κ2) is 4.79. The van der Waals surface area contributed by atoms with Crippen LogP contribution in [0.25, 0.3) is 0 Å². The van der Waals surface area contributed by atoms with Crippen molar-refractivity contribution in [1.82, 2.24) is 15.1 Å². The van der Waals surface area contributed by atoms with Crippen LogP contribution in [0.5, 0.6) is 0 Å². The summed E-state index contributed by atoms with van der Waals surface area (Å²) in [5.74, 6) is 0.675. The van der Waals surface area contributed by atoms with Crippen molar-refractivity contribution in [3.05, 3.63) is 18.0 Å². The summed E-state index contributed by atoms with van der Waals surface area (Å²) < 4.78 is 1.84. The maximum Gasteiger partial charge on any atom is 0.0534 e. The van der Waals surface area contributed by atoms with Crippen molar-refractivity contribution in [1.29, 1.82) is 0 Å². The van der Waals surface area contributed by atoms with E-state index in [0.29, 0.717) is 11.3 Å². The fraction of sp³-hybridized carbons (Fsp3) is 0.750. The van der Waals surface area contributed by atoms with Crippen molar-refractivity contribution in [2.75, 3.05) is 6.54 Å². The molecule has 0 aliphatic rings. The van der Waals surface area contributed by atoms with Crippen molar-refractivity contribution in [3.63, 3.8) is 0 Å². The quantitative estimate of drug-likeness (QED) is 0.824. The molecule has 1 aromatic heterocycles. The molecule has 0 radical (unpaired) electrons. The zero-order chi connectivity index (χ0) is 11.5. The van der Waals surface area contributed by atoms with E-state index in [1.165, 1.54) is 5.56 Å². The molecule has 86 valence electrons. The first-order chi connectivity index (χ1) is 6.89. The summed E-state index contributed by atoms with van der Waals surface area (Å²) in [6.45, 7) is 11.1. The highest BCUT2D eigenvalue weighted by molar-refractivity contribution is 5.02. The predicted molar refractivity (Wildman–Crippen MR) is 63.5 cm³/mol. The lowest BCUT2D eigenvalue weighted by Gasteiger charge is -2.27. The van der Waals surface area contributed by atoms with Crippen molar-refractivity contribution >= 4 is 0 Å². The van der Waals surface area contributed by atoms with Crippen LogP contribution in [0.1, 0.15) is 33.3 Å². The second-order valence-electron chi connectivity index (χ2n) is 5.42. The van der Waals surface area contributed by atoms with Gasteiger partial charge in [-0.3, -0.25) is 4.68 Å². The van der Waals surface area contributed by atoms with Gasteiger partial charge in [0.05, 0.1) is 6.20 Å². The van der Waals surface area contributed by atoms with Gasteiger partial charge in [0.2, 0.25) is 0 Å². The van der Waals surface area contributed by atoms with Crippen LogP contribution in [0.15, 0.2) is 12.4 Å². The minimum Gasteiger partial charge on any atom is -0.312 e. The van der Waals surface area contributed by atoms with Crippen LogP contribution in [-0.4, -0.2) is 16.3 Å². The van der Waals surface area contributed by atoms with Crippen LogP contribution >= 0.6 is 0 Å². The van der Waals surface area contributed by atoms with E-state index in [9.17, 15) is 0 Å². The molecule has 1 unspecified atom stereocenters. The van der Waals surface area contributed by atoms with Gasteiger partial charge in [-0.1, -0.05) is 27.7 Å². The van der Waals surface area contributed by atoms with Gasteiger partial charge in [-0.15, -0.1) is 0 Å². The molecule has 0 saturated carbocycles. The minimum atomic E-state index is 0.377. The summed E-state index contributed by atoms with van der Waals surface area (Å²) in [6, 6.07) is 0. The number of rotatable bonds is 4. The Labute approximate surface area is 92.9 Å². The van der Waals surface area contributed by atoms with Gasteiger partial charge in [0, 0.05) is 25.4 Å². The van der Waals surface area contributed by atoms with Gasteiger partial charge in [-0.25, -0.2) is 0 Å². The first-order valence-corrected chi connectivity index (χ1v) is 5.58. The third-order valence-corrected chi connectivity index (χ3v) is 3.02. The molecule has 1 heterocycles. The molecule has 3 heteroatoms. The lowest BCUT2D eigenvalue weighted by molar-refractivity contribution is 0.252. The molecule has 0 amide bonds. The van der Waals surface area contributed by atoms with E-state index in [0.717, 1.165) is 13.1 Å². The van der Waals surface area contributed by atoms with Crippen LogP contribution in [0.3, 0.4) is 0 Å². The Morgan fingerprint density at radius 2 is 2.13 bits per heavy atom. The maximum atomic E-state index is 4.14. The summed E-state index contributed by atoms with van der Waals surface area (Å²) in [7, 11) is 1.95. The smallest absolute Gasteiger partial charge is 0.0534 e. The van der Waals surface area contributed by atoms with Gasteiger partial charge in [-0.2, -0.15) is 5.10 Å². The molecule has 0 fully saturated rings. The monoisotopic (exact) mass is 209 g/mol. The molecular weight excluding hydrogens is 186 g/mol. The van der Waals surface area contributed by atoms with Crippen molar-refractivity contribution in [2.24, 2.45) is 18.4 Å². The normalized spacial score (nSPS) is 14.2. The third kappa shape index (κ3) is 4.04. The number of nitrogens with one attached hydrogen (secondary N) is 1. The molecule has 0 aliphatic heterocycles. The van der Waals surface area contributed by atoms with E-state index in [4.69, 9.17) is 0 Å². The van der Waals surface area contributed by atoms with Gasteiger partial charge in [0.1, 0.15) is 0 Å². The summed E-state index contributed by atoms with van der Waals surface area (Å²) in [6.07, 6.45) is 3.96. The highest BCUT2D eigenvalue weighted by atomic mass is 15.2. The van der Waals surface area contributed by atoms with E-state index in [2.05, 4.69) is 44.3 Å². The van der Waals surface area contributed by atoms with Crippen LogP contribution < -0.4 is 5.32 Å². The number of nitrogens with zero attached hydrogens (tertiary/aromatic N) is 2. The predicted octanol–water partition coefficient (Wildman–Crippen LogP) is 2.19. The highest BCUT2D eigenvalue weighted by Gasteiger charge is 2.19. The third-order valence-electron chi connectivity index (χ3n) is 3.02. The van der Waals surface area contributed by atoms with Gasteiger partial charge in [0.15, 0.2) is 0 Å². The summed E-state index contributed by atoms with van der Waals surface area (Å²) in [5, 5.41) is 7.61. The lowest BCUT2D eigenvalue weighted by Crippen LogP contribution is -2.29. The van der Waals surface area contributed by atoms with Crippen LogP contribution in [0.4, 0.5) is 0 Å². The van der Waals surface area contributed by atoms with Gasteiger partial charge in [-0.05, 0) is 17.9 Å². The Bertz CT molecular complexity index is 296. The Morgan fingerprint density at radius 3 is 2.60 bits per heavy atom. The van der Waals surface area contributed by atoms with Crippen molar-refractivity contribution < 1.29 is 0 Å². The van der Waals surface area contributed by atoms with Crippen LogP contribution in [0, 0.1) is 11.3 Å². The van der Waals surface area contributed by atoms with Crippen molar-refractivity contribution in [3.8, 4) is 0 Å². The maximum absolute atomic E-state index is 4.14. The average molecular weight is 209 g/mol. The molecule has 15 heavy (non-hydrogen) atoms. The zero-order valence-electron chi connectivity index (χ0n) is 10.5. The van der Waals surface area contributed by atoms with Gasteiger partial charge >= 0.3 is 0 Å². The fourth-order valence-corrected chi connectivity index (χ4v) is 1.30. The Balaban J connectivity index is 2.28. The summed E-state index contributed by atoms with van der Waals surface area (Å²) in [5.41, 5.74) is 1.63.